The molecule has 0 atom stereocenters. The minimum absolute atomic E-state index is 0.350. The molecule has 1 aromatic rings. The van der Waals surface area contributed by atoms with Crippen LogP contribution < -0.4 is 5.32 Å². The Hall–Kier alpha value is -0.680. The topological polar surface area (TPSA) is 12.0 Å². The van der Waals surface area contributed by atoms with Crippen molar-refractivity contribution in [2.45, 2.75) is 11.1 Å². The van der Waals surface area contributed by atoms with Crippen molar-refractivity contribution >= 4 is 11.8 Å². The molecule has 0 aromatic heterocycles. The first-order chi connectivity index (χ1) is 7.08. The molecule has 0 bridgehead atoms. The first-order valence-electron chi connectivity index (χ1n) is 4.44. The molecule has 15 heavy (non-hydrogen) atoms. The quantitative estimate of drug-likeness (QED) is 0.621. The lowest BCUT2D eigenvalue weighted by Gasteiger charge is -2.07. The third-order valence-electron chi connectivity index (χ3n) is 1.56. The molecule has 0 aliphatic rings. The van der Waals surface area contributed by atoms with Crippen LogP contribution in [-0.4, -0.2) is 25.0 Å². The van der Waals surface area contributed by atoms with E-state index in [1.54, 1.807) is 12.1 Å². The van der Waals surface area contributed by atoms with Gasteiger partial charge in [-0.05, 0) is 18.2 Å². The van der Waals surface area contributed by atoms with Gasteiger partial charge < -0.3 is 5.32 Å². The number of thioether (sulfide) groups is 1. The molecule has 0 spiro atoms. The van der Waals surface area contributed by atoms with Gasteiger partial charge in [0.25, 0.3) is 0 Å². The predicted octanol–water partition coefficient (Wildman–Crippen LogP) is 2.73. The van der Waals surface area contributed by atoms with Crippen LogP contribution in [0.25, 0.3) is 0 Å². The third-order valence-corrected chi connectivity index (χ3v) is 2.57. The minimum Gasteiger partial charge on any atom is -0.308 e. The summed E-state index contributed by atoms with van der Waals surface area (Å²) in [7, 11) is 0. The van der Waals surface area contributed by atoms with Crippen molar-refractivity contribution in [2.75, 3.05) is 18.8 Å². The molecular formula is C10H11F3NS. The van der Waals surface area contributed by atoms with Gasteiger partial charge in [-0.15, -0.1) is 11.8 Å². The smallest absolute Gasteiger partial charge is 0.308 e. The van der Waals surface area contributed by atoms with Crippen molar-refractivity contribution in [1.29, 1.82) is 0 Å². The Morgan fingerprint density at radius 2 is 1.93 bits per heavy atom. The largest absolute Gasteiger partial charge is 0.401 e. The van der Waals surface area contributed by atoms with Crippen LogP contribution in [0.1, 0.15) is 0 Å². The molecule has 0 saturated carbocycles. The number of hydrogen-bond acceptors (Lipinski definition) is 2. The monoisotopic (exact) mass is 234 g/mol. The maximum Gasteiger partial charge on any atom is 0.401 e. The second-order valence-electron chi connectivity index (χ2n) is 2.88. The molecule has 0 fully saturated rings. The van der Waals surface area contributed by atoms with Gasteiger partial charge in [0.15, 0.2) is 0 Å². The number of hydrogen-bond donors (Lipinski definition) is 1. The van der Waals surface area contributed by atoms with Gasteiger partial charge in [-0.3, -0.25) is 0 Å². The fraction of sp³-hybridized carbons (Fsp3) is 0.400. The molecule has 0 saturated heterocycles. The van der Waals surface area contributed by atoms with E-state index in [4.69, 9.17) is 0 Å². The summed E-state index contributed by atoms with van der Waals surface area (Å²) in [5, 5.41) is 2.34. The molecule has 5 heteroatoms. The summed E-state index contributed by atoms with van der Waals surface area (Å²) in [5.74, 6) is 0.625. The Morgan fingerprint density at radius 1 is 1.27 bits per heavy atom. The van der Waals surface area contributed by atoms with Crippen molar-refractivity contribution in [3.8, 4) is 0 Å². The van der Waals surface area contributed by atoms with Gasteiger partial charge in [-0.25, -0.2) is 0 Å². The predicted molar refractivity (Wildman–Crippen MR) is 54.9 cm³/mol. The van der Waals surface area contributed by atoms with Gasteiger partial charge >= 0.3 is 6.18 Å². The summed E-state index contributed by atoms with van der Waals surface area (Å²) in [6.07, 6.45) is -4.12. The standard InChI is InChI=1S/C10H11F3NS/c11-10(12,13)8-14-6-7-15-9-4-2-1-3-5-9/h2-5,14H,6-8H2. The van der Waals surface area contributed by atoms with Crippen LogP contribution in [0.4, 0.5) is 13.2 Å². The van der Waals surface area contributed by atoms with Crippen LogP contribution in [0, 0.1) is 6.07 Å². The van der Waals surface area contributed by atoms with Crippen molar-refractivity contribution in [1.82, 2.24) is 5.32 Å². The van der Waals surface area contributed by atoms with E-state index in [1.165, 1.54) is 11.8 Å². The van der Waals surface area contributed by atoms with Crippen molar-refractivity contribution < 1.29 is 13.2 Å². The van der Waals surface area contributed by atoms with E-state index in [9.17, 15) is 13.2 Å². The zero-order chi connectivity index (χ0) is 11.1. The molecular weight excluding hydrogens is 223 g/mol. The summed E-state index contributed by atoms with van der Waals surface area (Å²) in [4.78, 5) is 1.04. The highest BCUT2D eigenvalue weighted by Gasteiger charge is 2.25. The fourth-order valence-corrected chi connectivity index (χ4v) is 1.75. The average molecular weight is 234 g/mol. The zero-order valence-electron chi connectivity index (χ0n) is 7.97. The molecule has 1 aromatic carbocycles. The maximum absolute atomic E-state index is 11.7. The zero-order valence-corrected chi connectivity index (χ0v) is 8.79. The lowest BCUT2D eigenvalue weighted by Crippen LogP contribution is -2.30. The number of alkyl halides is 3. The second-order valence-corrected chi connectivity index (χ2v) is 4.04. The molecule has 0 unspecified atom stereocenters. The van der Waals surface area contributed by atoms with Crippen LogP contribution in [0.15, 0.2) is 29.2 Å². The van der Waals surface area contributed by atoms with E-state index in [2.05, 4.69) is 11.4 Å². The highest BCUT2D eigenvalue weighted by molar-refractivity contribution is 7.99. The van der Waals surface area contributed by atoms with Crippen molar-refractivity contribution in [3.05, 3.63) is 30.3 Å². The number of rotatable bonds is 5. The van der Waals surface area contributed by atoms with E-state index in [0.717, 1.165) is 4.90 Å². The summed E-state index contributed by atoms with van der Waals surface area (Å²) < 4.78 is 35.2. The molecule has 1 radical (unpaired) electrons. The van der Waals surface area contributed by atoms with Crippen molar-refractivity contribution in [3.63, 3.8) is 0 Å². The molecule has 1 nitrogen and oxygen atoms in total. The maximum atomic E-state index is 11.7. The highest BCUT2D eigenvalue weighted by Crippen LogP contribution is 2.16. The van der Waals surface area contributed by atoms with Gasteiger partial charge in [0, 0.05) is 17.2 Å². The molecule has 0 aliphatic heterocycles. The van der Waals surface area contributed by atoms with Crippen LogP contribution in [0.5, 0.6) is 0 Å². The first kappa shape index (κ1) is 12.4. The Bertz CT molecular complexity index is 274. The number of nitrogens with one attached hydrogen (secondary N) is 1. The highest BCUT2D eigenvalue weighted by atomic mass is 32.2. The molecule has 0 amide bonds. The Balaban J connectivity index is 2.08. The van der Waals surface area contributed by atoms with E-state index < -0.39 is 12.7 Å². The van der Waals surface area contributed by atoms with E-state index in [0.29, 0.717) is 12.3 Å². The van der Waals surface area contributed by atoms with Gasteiger partial charge in [0.1, 0.15) is 0 Å². The molecule has 0 aliphatic carbocycles. The lowest BCUT2D eigenvalue weighted by atomic mass is 10.4. The van der Waals surface area contributed by atoms with E-state index in [1.807, 2.05) is 12.1 Å². The molecule has 83 valence electrons. The van der Waals surface area contributed by atoms with E-state index in [-0.39, 0.29) is 0 Å². The summed E-state index contributed by atoms with van der Waals surface area (Å²) in [5.41, 5.74) is 0. The van der Waals surface area contributed by atoms with Crippen LogP contribution in [-0.2, 0) is 0 Å². The normalized spacial score (nSPS) is 11.7. The Labute approximate surface area is 91.1 Å². The van der Waals surface area contributed by atoms with Crippen LogP contribution in [0.2, 0.25) is 0 Å². The summed E-state index contributed by atoms with van der Waals surface area (Å²) in [6.45, 7) is -0.571. The first-order valence-corrected chi connectivity index (χ1v) is 5.43. The average Bonchev–Trinajstić information content (AvgIpc) is 2.17. The van der Waals surface area contributed by atoms with Gasteiger partial charge in [-0.2, -0.15) is 13.2 Å². The van der Waals surface area contributed by atoms with Crippen LogP contribution >= 0.6 is 11.8 Å². The summed E-state index contributed by atoms with van der Waals surface area (Å²) in [6, 6.07) is 10.2. The third kappa shape index (κ3) is 6.41. The SMILES string of the molecule is FC(F)(F)CNCCSc1cc[c]cc1. The van der Waals surface area contributed by atoms with Gasteiger partial charge in [-0.1, -0.05) is 12.1 Å². The van der Waals surface area contributed by atoms with Crippen molar-refractivity contribution in [2.24, 2.45) is 0 Å². The number of halogens is 3. The lowest BCUT2D eigenvalue weighted by molar-refractivity contribution is -0.124. The Morgan fingerprint density at radius 3 is 2.53 bits per heavy atom. The number of benzene rings is 1. The molecule has 1 N–H and O–H groups in total. The van der Waals surface area contributed by atoms with Crippen LogP contribution in [0.3, 0.4) is 0 Å². The molecule has 0 heterocycles. The van der Waals surface area contributed by atoms with Gasteiger partial charge in [0.05, 0.1) is 6.54 Å². The van der Waals surface area contributed by atoms with E-state index >= 15 is 0 Å². The second kappa shape index (κ2) is 6.02. The fourth-order valence-electron chi connectivity index (χ4n) is 0.939. The Kier molecular flexibility index (Phi) is 4.98. The van der Waals surface area contributed by atoms with Gasteiger partial charge in [0.2, 0.25) is 0 Å². The summed E-state index contributed by atoms with van der Waals surface area (Å²) >= 11 is 1.52. The molecule has 1 rings (SSSR count). The minimum atomic E-state index is -4.12.